The van der Waals surface area contributed by atoms with Crippen molar-refractivity contribution >= 4 is 17.0 Å². The quantitative estimate of drug-likeness (QED) is 0.426. The lowest BCUT2D eigenvalue weighted by Crippen LogP contribution is -2.33. The van der Waals surface area contributed by atoms with Crippen LogP contribution in [-0.4, -0.2) is 71.0 Å². The number of anilines is 1. The number of aliphatic hydroxyl groups is 4. The van der Waals surface area contributed by atoms with Crippen LogP contribution in [0.15, 0.2) is 6.33 Å². The number of nitrogens with zero attached hydrogens (tertiary/aromatic N) is 4. The first-order valence-electron chi connectivity index (χ1n) is 7.21. The van der Waals surface area contributed by atoms with E-state index in [9.17, 15) is 20.4 Å². The summed E-state index contributed by atoms with van der Waals surface area (Å²) < 4.78 is 7.02. The van der Waals surface area contributed by atoms with Gasteiger partial charge < -0.3 is 30.9 Å². The van der Waals surface area contributed by atoms with Crippen LogP contribution in [0.3, 0.4) is 0 Å². The Kier molecular flexibility index (Phi) is 4.17. The molecule has 3 heterocycles. The maximum atomic E-state index is 10.2. The molecule has 5 unspecified atom stereocenters. The van der Waals surface area contributed by atoms with Crippen molar-refractivity contribution in [1.29, 1.82) is 0 Å². The fourth-order valence-electron chi connectivity index (χ4n) is 2.74. The van der Waals surface area contributed by atoms with Crippen molar-refractivity contribution in [2.75, 3.05) is 12.3 Å². The van der Waals surface area contributed by atoms with Crippen LogP contribution in [0.2, 0.25) is 0 Å². The van der Waals surface area contributed by atoms with Gasteiger partial charge in [-0.25, -0.2) is 15.0 Å². The van der Waals surface area contributed by atoms with Gasteiger partial charge in [-0.1, -0.05) is 0 Å². The van der Waals surface area contributed by atoms with Crippen molar-refractivity contribution in [2.45, 2.75) is 44.0 Å². The number of fused-ring (bicyclic) bond motifs is 1. The molecule has 0 amide bonds. The van der Waals surface area contributed by atoms with Crippen molar-refractivity contribution in [3.8, 4) is 0 Å². The Hall–Kier alpha value is -1.85. The van der Waals surface area contributed by atoms with Crippen molar-refractivity contribution in [3.63, 3.8) is 0 Å². The molecule has 1 aliphatic rings. The molecule has 1 saturated heterocycles. The van der Waals surface area contributed by atoms with Crippen LogP contribution < -0.4 is 5.73 Å². The second kappa shape index (κ2) is 5.98. The second-order valence-corrected chi connectivity index (χ2v) is 5.61. The summed E-state index contributed by atoms with van der Waals surface area (Å²) in [5.41, 5.74) is 6.44. The van der Waals surface area contributed by atoms with Crippen LogP contribution in [0.1, 0.15) is 19.0 Å². The van der Waals surface area contributed by atoms with Gasteiger partial charge in [0.25, 0.3) is 0 Å². The van der Waals surface area contributed by atoms with Gasteiger partial charge in [0.1, 0.15) is 30.5 Å². The van der Waals surface area contributed by atoms with E-state index in [0.717, 1.165) is 0 Å². The van der Waals surface area contributed by atoms with Gasteiger partial charge in [0.15, 0.2) is 23.2 Å². The van der Waals surface area contributed by atoms with Gasteiger partial charge in [-0.05, 0) is 6.92 Å². The van der Waals surface area contributed by atoms with E-state index in [4.69, 9.17) is 10.5 Å². The molecule has 0 aliphatic carbocycles. The van der Waals surface area contributed by atoms with E-state index in [1.807, 2.05) is 0 Å². The van der Waals surface area contributed by atoms with E-state index in [1.165, 1.54) is 10.9 Å². The van der Waals surface area contributed by atoms with Crippen LogP contribution in [0.4, 0.5) is 5.82 Å². The number of rotatable bonds is 4. The number of aliphatic hydroxyl groups excluding tert-OH is 4. The monoisotopic (exact) mass is 325 g/mol. The molecule has 6 N–H and O–H groups in total. The molecule has 1 fully saturated rings. The predicted molar refractivity (Wildman–Crippen MR) is 78.1 cm³/mol. The fourth-order valence-corrected chi connectivity index (χ4v) is 2.74. The highest BCUT2D eigenvalue weighted by Crippen LogP contribution is 2.33. The van der Waals surface area contributed by atoms with Crippen molar-refractivity contribution in [1.82, 2.24) is 19.5 Å². The van der Waals surface area contributed by atoms with Crippen LogP contribution in [0, 0.1) is 0 Å². The van der Waals surface area contributed by atoms with E-state index in [0.29, 0.717) is 17.0 Å². The Morgan fingerprint density at radius 1 is 1.35 bits per heavy atom. The highest BCUT2D eigenvalue weighted by atomic mass is 16.6. The number of imidazole rings is 1. The highest BCUT2D eigenvalue weighted by molar-refractivity contribution is 5.82. The van der Waals surface area contributed by atoms with E-state index in [-0.39, 0.29) is 12.2 Å². The zero-order valence-corrected chi connectivity index (χ0v) is 12.4. The van der Waals surface area contributed by atoms with Crippen LogP contribution in [-0.2, 0) is 11.2 Å². The van der Waals surface area contributed by atoms with E-state index >= 15 is 0 Å². The van der Waals surface area contributed by atoms with Crippen molar-refractivity contribution < 1.29 is 25.2 Å². The number of aromatic nitrogens is 4. The molecule has 126 valence electrons. The van der Waals surface area contributed by atoms with E-state index in [1.54, 1.807) is 6.92 Å². The Bertz CT molecular complexity index is 705. The minimum Gasteiger partial charge on any atom is -0.394 e. The normalized spacial score (nSPS) is 29.3. The first-order valence-corrected chi connectivity index (χ1v) is 7.21. The second-order valence-electron chi connectivity index (χ2n) is 5.61. The van der Waals surface area contributed by atoms with Gasteiger partial charge >= 0.3 is 0 Å². The van der Waals surface area contributed by atoms with Gasteiger partial charge in [0.05, 0.1) is 12.7 Å². The first-order chi connectivity index (χ1) is 10.9. The summed E-state index contributed by atoms with van der Waals surface area (Å²) in [6, 6.07) is 0. The summed E-state index contributed by atoms with van der Waals surface area (Å²) in [6.45, 7) is 1.15. The van der Waals surface area contributed by atoms with E-state index in [2.05, 4.69) is 15.0 Å². The van der Waals surface area contributed by atoms with Gasteiger partial charge in [-0.15, -0.1) is 0 Å². The van der Waals surface area contributed by atoms with Gasteiger partial charge in [-0.2, -0.15) is 0 Å². The largest absolute Gasteiger partial charge is 0.394 e. The lowest BCUT2D eigenvalue weighted by atomic mass is 10.1. The van der Waals surface area contributed by atoms with Crippen LogP contribution in [0.5, 0.6) is 0 Å². The molecule has 0 radical (unpaired) electrons. The Balaban J connectivity index is 2.13. The van der Waals surface area contributed by atoms with Gasteiger partial charge in [-0.3, -0.25) is 4.57 Å². The Morgan fingerprint density at radius 3 is 2.70 bits per heavy atom. The van der Waals surface area contributed by atoms with Gasteiger partial charge in [0.2, 0.25) is 0 Å². The lowest BCUT2D eigenvalue weighted by Gasteiger charge is -2.19. The molecule has 0 aromatic carbocycles. The zero-order chi connectivity index (χ0) is 16.7. The molecular weight excluding hydrogens is 306 g/mol. The average Bonchev–Trinajstić information content (AvgIpc) is 2.98. The molecule has 3 rings (SSSR count). The topological polar surface area (TPSA) is 160 Å². The first kappa shape index (κ1) is 16.0. The molecule has 23 heavy (non-hydrogen) atoms. The van der Waals surface area contributed by atoms with Crippen LogP contribution >= 0.6 is 0 Å². The summed E-state index contributed by atoms with van der Waals surface area (Å²) >= 11 is 0. The van der Waals surface area contributed by atoms with Crippen LogP contribution in [0.25, 0.3) is 11.2 Å². The Morgan fingerprint density at radius 2 is 2.09 bits per heavy atom. The number of nitrogen functional groups attached to an aromatic ring is 1. The number of ether oxygens (including phenoxy) is 1. The lowest BCUT2D eigenvalue weighted by molar-refractivity contribution is -0.0526. The standard InChI is InChI=1S/C13H19N5O5/c1-5(20)2-7-17-8-11(14)15-4-16-12(8)18(7)13-10(22)9(21)6(3-19)23-13/h4-6,9-10,13,19-22H,2-3H2,1H3,(H2,14,15,16). The molecule has 1 aliphatic heterocycles. The molecule has 2 aromatic heterocycles. The maximum Gasteiger partial charge on any atom is 0.167 e. The maximum absolute atomic E-state index is 10.2. The smallest absolute Gasteiger partial charge is 0.167 e. The third-order valence-electron chi connectivity index (χ3n) is 3.83. The molecule has 2 aromatic rings. The summed E-state index contributed by atoms with van der Waals surface area (Å²) in [7, 11) is 0. The summed E-state index contributed by atoms with van der Waals surface area (Å²) in [4.78, 5) is 12.3. The fraction of sp³-hybridized carbons (Fsp3) is 0.615. The minimum atomic E-state index is -1.28. The number of hydrogen-bond donors (Lipinski definition) is 5. The number of nitrogens with two attached hydrogens (primary N) is 1. The summed E-state index contributed by atoms with van der Waals surface area (Å²) in [5.74, 6) is 0.546. The third-order valence-corrected chi connectivity index (χ3v) is 3.83. The Labute approximate surface area is 131 Å². The number of hydrogen-bond acceptors (Lipinski definition) is 9. The molecular formula is C13H19N5O5. The molecule has 0 spiro atoms. The zero-order valence-electron chi connectivity index (χ0n) is 12.4. The molecule has 0 saturated carbocycles. The molecule has 10 heteroatoms. The molecule has 10 nitrogen and oxygen atoms in total. The molecule has 0 bridgehead atoms. The predicted octanol–water partition coefficient (Wildman–Crippen LogP) is -2.06. The SMILES string of the molecule is CC(O)Cc1nc2c(N)ncnc2n1C1OC(CO)C(O)C1O. The summed E-state index contributed by atoms with van der Waals surface area (Å²) in [5, 5.41) is 39.1. The third kappa shape index (κ3) is 2.64. The average molecular weight is 325 g/mol. The summed E-state index contributed by atoms with van der Waals surface area (Å²) in [6.07, 6.45) is -3.74. The highest BCUT2D eigenvalue weighted by Gasteiger charge is 2.44. The van der Waals surface area contributed by atoms with Crippen molar-refractivity contribution in [2.24, 2.45) is 0 Å². The van der Waals surface area contributed by atoms with Crippen molar-refractivity contribution in [3.05, 3.63) is 12.2 Å². The molecule has 5 atom stereocenters. The minimum absolute atomic E-state index is 0.160. The van der Waals surface area contributed by atoms with E-state index < -0.39 is 37.3 Å². The van der Waals surface area contributed by atoms with Gasteiger partial charge in [0, 0.05) is 6.42 Å².